The zero-order chi connectivity index (χ0) is 20.4. The Morgan fingerprint density at radius 1 is 1.18 bits per heavy atom. The summed E-state index contributed by atoms with van der Waals surface area (Å²) in [7, 11) is 0. The number of benzene rings is 1. The SMILES string of the molecule is CCNC(=NCC(CC)(CC)c1ccccc1)NC1CCN(CC(N)=O)CC1. The smallest absolute Gasteiger partial charge is 0.231 e. The van der Waals surface area contributed by atoms with Gasteiger partial charge in [-0.15, -0.1) is 0 Å². The normalized spacial score (nSPS) is 16.8. The molecule has 1 fully saturated rings. The van der Waals surface area contributed by atoms with Crippen molar-refractivity contribution in [3.8, 4) is 0 Å². The lowest BCUT2D eigenvalue weighted by molar-refractivity contribution is -0.119. The van der Waals surface area contributed by atoms with E-state index in [9.17, 15) is 4.79 Å². The average Bonchev–Trinajstić information content (AvgIpc) is 2.71. The number of nitrogens with two attached hydrogens (primary N) is 1. The Kier molecular flexibility index (Phi) is 8.77. The molecule has 2 rings (SSSR count). The first-order valence-corrected chi connectivity index (χ1v) is 10.6. The van der Waals surface area contributed by atoms with Gasteiger partial charge < -0.3 is 16.4 Å². The monoisotopic (exact) mass is 387 g/mol. The summed E-state index contributed by atoms with van der Waals surface area (Å²) in [6, 6.07) is 11.1. The van der Waals surface area contributed by atoms with E-state index in [1.165, 1.54) is 5.56 Å². The van der Waals surface area contributed by atoms with Gasteiger partial charge in [-0.3, -0.25) is 14.7 Å². The number of rotatable bonds is 9. The fourth-order valence-electron chi connectivity index (χ4n) is 3.96. The molecule has 6 heteroatoms. The van der Waals surface area contributed by atoms with E-state index >= 15 is 0 Å². The Labute approximate surface area is 170 Å². The molecular weight excluding hydrogens is 350 g/mol. The first kappa shape index (κ1) is 22.2. The van der Waals surface area contributed by atoms with Gasteiger partial charge in [0.15, 0.2) is 5.96 Å². The van der Waals surface area contributed by atoms with Crippen LogP contribution in [0.1, 0.15) is 52.0 Å². The van der Waals surface area contributed by atoms with Gasteiger partial charge in [-0.1, -0.05) is 44.2 Å². The van der Waals surface area contributed by atoms with Crippen molar-refractivity contribution in [3.05, 3.63) is 35.9 Å². The van der Waals surface area contributed by atoms with Crippen LogP contribution in [0.4, 0.5) is 0 Å². The minimum absolute atomic E-state index is 0.0640. The van der Waals surface area contributed by atoms with Gasteiger partial charge in [0.2, 0.25) is 5.91 Å². The number of nitrogens with zero attached hydrogens (tertiary/aromatic N) is 2. The highest BCUT2D eigenvalue weighted by atomic mass is 16.1. The van der Waals surface area contributed by atoms with Gasteiger partial charge in [0, 0.05) is 31.1 Å². The third-order valence-electron chi connectivity index (χ3n) is 5.93. The maximum absolute atomic E-state index is 11.1. The zero-order valence-corrected chi connectivity index (χ0v) is 17.7. The maximum atomic E-state index is 11.1. The van der Waals surface area contributed by atoms with Gasteiger partial charge in [-0.05, 0) is 38.2 Å². The van der Waals surface area contributed by atoms with Crippen LogP contribution in [0, 0.1) is 0 Å². The quantitative estimate of drug-likeness (QED) is 0.448. The summed E-state index contributed by atoms with van der Waals surface area (Å²) in [6.45, 7) is 10.3. The van der Waals surface area contributed by atoms with Crippen molar-refractivity contribution in [3.63, 3.8) is 0 Å². The van der Waals surface area contributed by atoms with Crippen molar-refractivity contribution in [1.82, 2.24) is 15.5 Å². The van der Waals surface area contributed by atoms with E-state index < -0.39 is 0 Å². The third-order valence-corrected chi connectivity index (χ3v) is 5.93. The molecule has 1 aliphatic heterocycles. The first-order valence-electron chi connectivity index (χ1n) is 10.6. The van der Waals surface area contributed by atoms with Crippen molar-refractivity contribution >= 4 is 11.9 Å². The van der Waals surface area contributed by atoms with E-state index in [0.717, 1.165) is 57.8 Å². The highest BCUT2D eigenvalue weighted by molar-refractivity contribution is 5.80. The number of amides is 1. The standard InChI is InChI=1S/C22H37N5O/c1-4-22(5-2,18-10-8-7-9-11-18)17-25-21(24-6-3)26-19-12-14-27(15-13-19)16-20(23)28/h7-11,19H,4-6,12-17H2,1-3H3,(H2,23,28)(H2,24,25,26). The molecule has 1 saturated heterocycles. The molecular formula is C22H37N5O. The third kappa shape index (κ3) is 6.23. The molecule has 0 aromatic heterocycles. The van der Waals surface area contributed by atoms with E-state index in [2.05, 4.69) is 66.6 Å². The van der Waals surface area contributed by atoms with E-state index in [1.807, 2.05) is 0 Å². The molecule has 0 saturated carbocycles. The lowest BCUT2D eigenvalue weighted by atomic mass is 9.76. The number of primary amides is 1. The van der Waals surface area contributed by atoms with Crippen LogP contribution in [0.3, 0.4) is 0 Å². The minimum atomic E-state index is -0.252. The molecule has 0 aliphatic carbocycles. The number of nitrogens with one attached hydrogen (secondary N) is 2. The summed E-state index contributed by atoms with van der Waals surface area (Å²) >= 11 is 0. The second kappa shape index (κ2) is 11.1. The van der Waals surface area contributed by atoms with Gasteiger partial charge in [0.1, 0.15) is 0 Å². The zero-order valence-electron chi connectivity index (χ0n) is 17.7. The van der Waals surface area contributed by atoms with Crippen LogP contribution < -0.4 is 16.4 Å². The lowest BCUT2D eigenvalue weighted by Crippen LogP contribution is -2.50. The average molecular weight is 388 g/mol. The van der Waals surface area contributed by atoms with Crippen molar-refractivity contribution in [2.75, 3.05) is 32.7 Å². The topological polar surface area (TPSA) is 82.8 Å². The van der Waals surface area contributed by atoms with Crippen LogP contribution >= 0.6 is 0 Å². The van der Waals surface area contributed by atoms with Crippen molar-refractivity contribution < 1.29 is 4.79 Å². The number of piperidine rings is 1. The predicted molar refractivity (Wildman–Crippen MR) is 116 cm³/mol. The Hall–Kier alpha value is -2.08. The molecule has 1 aromatic rings. The van der Waals surface area contributed by atoms with Crippen molar-refractivity contribution in [2.24, 2.45) is 10.7 Å². The molecule has 6 nitrogen and oxygen atoms in total. The maximum Gasteiger partial charge on any atom is 0.231 e. The van der Waals surface area contributed by atoms with Crippen molar-refractivity contribution in [1.29, 1.82) is 0 Å². The summed E-state index contributed by atoms with van der Waals surface area (Å²) in [5.41, 5.74) is 6.73. The van der Waals surface area contributed by atoms with E-state index in [0.29, 0.717) is 12.6 Å². The largest absolute Gasteiger partial charge is 0.369 e. The Morgan fingerprint density at radius 3 is 2.36 bits per heavy atom. The Morgan fingerprint density at radius 2 is 1.82 bits per heavy atom. The Balaban J connectivity index is 2.02. The number of carbonyl (C=O) groups excluding carboxylic acids is 1. The van der Waals surface area contributed by atoms with Gasteiger partial charge in [0.25, 0.3) is 0 Å². The van der Waals surface area contributed by atoms with Crippen LogP contribution in [0.5, 0.6) is 0 Å². The summed E-state index contributed by atoms with van der Waals surface area (Å²) in [5.74, 6) is 0.635. The molecule has 0 unspecified atom stereocenters. The predicted octanol–water partition coefficient (Wildman–Crippen LogP) is 2.25. The lowest BCUT2D eigenvalue weighted by Gasteiger charge is -2.33. The summed E-state index contributed by atoms with van der Waals surface area (Å²) < 4.78 is 0. The van der Waals surface area contributed by atoms with E-state index in [4.69, 9.17) is 10.7 Å². The van der Waals surface area contributed by atoms with Gasteiger partial charge in [-0.2, -0.15) is 0 Å². The van der Waals surface area contributed by atoms with Crippen LogP contribution in [0.2, 0.25) is 0 Å². The molecule has 0 spiro atoms. The molecule has 1 heterocycles. The van der Waals surface area contributed by atoms with E-state index in [1.54, 1.807) is 0 Å². The number of carbonyl (C=O) groups is 1. The number of hydrogen-bond donors (Lipinski definition) is 3. The summed E-state index contributed by atoms with van der Waals surface area (Å²) in [6.07, 6.45) is 4.09. The second-order valence-corrected chi connectivity index (χ2v) is 7.71. The second-order valence-electron chi connectivity index (χ2n) is 7.71. The van der Waals surface area contributed by atoms with Gasteiger partial charge in [0.05, 0.1) is 13.1 Å². The highest BCUT2D eigenvalue weighted by Gasteiger charge is 2.28. The molecule has 156 valence electrons. The fraction of sp³-hybridized carbons (Fsp3) is 0.636. The number of aliphatic imine (C=N–C) groups is 1. The molecule has 0 bridgehead atoms. The summed E-state index contributed by atoms with van der Waals surface area (Å²) in [4.78, 5) is 18.2. The molecule has 28 heavy (non-hydrogen) atoms. The van der Waals surface area contributed by atoms with Crippen LogP contribution in [0.25, 0.3) is 0 Å². The number of guanidine groups is 1. The number of likely N-dealkylation sites (tertiary alicyclic amines) is 1. The highest BCUT2D eigenvalue weighted by Crippen LogP contribution is 2.32. The van der Waals surface area contributed by atoms with Gasteiger partial charge in [-0.25, -0.2) is 0 Å². The summed E-state index contributed by atoms with van der Waals surface area (Å²) in [5, 5.41) is 7.00. The fourth-order valence-corrected chi connectivity index (χ4v) is 3.96. The van der Waals surface area contributed by atoms with Crippen molar-refractivity contribution in [2.45, 2.75) is 57.9 Å². The van der Waals surface area contributed by atoms with Crippen LogP contribution in [-0.4, -0.2) is 55.5 Å². The first-order chi connectivity index (χ1) is 13.5. The molecule has 1 aromatic carbocycles. The molecule has 1 amide bonds. The van der Waals surface area contributed by atoms with Crippen LogP contribution in [0.15, 0.2) is 35.3 Å². The molecule has 1 aliphatic rings. The molecule has 0 atom stereocenters. The molecule has 0 radical (unpaired) electrons. The van der Waals surface area contributed by atoms with Gasteiger partial charge >= 0.3 is 0 Å². The Bertz CT molecular complexity index is 619. The van der Waals surface area contributed by atoms with E-state index in [-0.39, 0.29) is 11.3 Å². The minimum Gasteiger partial charge on any atom is -0.369 e. The number of hydrogen-bond acceptors (Lipinski definition) is 3. The van der Waals surface area contributed by atoms with Crippen LogP contribution in [-0.2, 0) is 10.2 Å². The molecule has 4 N–H and O–H groups in total.